The quantitative estimate of drug-likeness (QED) is 0.687. The number of carbonyl (C=O) groups excluding carboxylic acids is 2. The number of nitrogens with two attached hydrogens (primary N) is 1. The number of rotatable bonds is 8. The molecule has 6 nitrogen and oxygen atoms in total. The van der Waals surface area contributed by atoms with E-state index in [2.05, 4.69) is 36.6 Å². The molecule has 4 N–H and O–H groups in total. The molecule has 6 heteroatoms. The van der Waals surface area contributed by atoms with Crippen LogP contribution in [0.1, 0.15) is 35.5 Å². The van der Waals surface area contributed by atoms with Crippen LogP contribution in [0.25, 0.3) is 0 Å². The first kappa shape index (κ1) is 18.6. The fraction of sp³-hybridized carbons (Fsp3) is 0.368. The average Bonchev–Trinajstić information content (AvgIpc) is 3.06. The van der Waals surface area contributed by atoms with E-state index >= 15 is 0 Å². The van der Waals surface area contributed by atoms with Crippen molar-refractivity contribution in [2.24, 2.45) is 17.6 Å². The van der Waals surface area contributed by atoms with E-state index in [0.29, 0.717) is 29.7 Å². The minimum Gasteiger partial charge on any atom is -0.467 e. The summed E-state index contributed by atoms with van der Waals surface area (Å²) in [5.41, 5.74) is 6.71. The van der Waals surface area contributed by atoms with E-state index < -0.39 is 5.91 Å². The Kier molecular flexibility index (Phi) is 6.62. The van der Waals surface area contributed by atoms with Crippen LogP contribution in [-0.4, -0.2) is 18.5 Å². The van der Waals surface area contributed by atoms with Crippen molar-refractivity contribution < 1.29 is 14.0 Å². The van der Waals surface area contributed by atoms with Gasteiger partial charge in [0.2, 0.25) is 0 Å². The van der Waals surface area contributed by atoms with Crippen LogP contribution in [0.5, 0.6) is 0 Å². The van der Waals surface area contributed by atoms with Gasteiger partial charge in [-0.25, -0.2) is 4.79 Å². The minimum absolute atomic E-state index is 0.199. The SMILES string of the molecule is CC(C)C(CNC(=O)NCc1cc(C(N)=O)co1)Cc1ccccc1. The predicted molar refractivity (Wildman–Crippen MR) is 95.9 cm³/mol. The second kappa shape index (κ2) is 8.92. The van der Waals surface area contributed by atoms with E-state index in [1.165, 1.54) is 17.9 Å². The van der Waals surface area contributed by atoms with Crippen molar-refractivity contribution >= 4 is 11.9 Å². The van der Waals surface area contributed by atoms with Gasteiger partial charge in [0.1, 0.15) is 12.0 Å². The van der Waals surface area contributed by atoms with Crippen LogP contribution in [0.15, 0.2) is 47.1 Å². The topological polar surface area (TPSA) is 97.4 Å². The number of benzene rings is 1. The summed E-state index contributed by atoms with van der Waals surface area (Å²) in [6.45, 7) is 5.09. The molecule has 3 amide bonds. The summed E-state index contributed by atoms with van der Waals surface area (Å²) < 4.78 is 5.18. The number of nitrogens with one attached hydrogen (secondary N) is 2. The number of urea groups is 1. The fourth-order valence-corrected chi connectivity index (χ4v) is 2.52. The molecule has 134 valence electrons. The highest BCUT2D eigenvalue weighted by Gasteiger charge is 2.15. The second-order valence-electron chi connectivity index (χ2n) is 6.42. The largest absolute Gasteiger partial charge is 0.467 e. The van der Waals surface area contributed by atoms with Crippen molar-refractivity contribution in [1.82, 2.24) is 10.6 Å². The van der Waals surface area contributed by atoms with E-state index in [-0.39, 0.29) is 12.6 Å². The Morgan fingerprint density at radius 1 is 1.16 bits per heavy atom. The lowest BCUT2D eigenvalue weighted by Crippen LogP contribution is -2.39. The standard InChI is InChI=1S/C19H25N3O3/c1-13(2)15(8-14-6-4-3-5-7-14)10-21-19(24)22-11-17-9-16(12-25-17)18(20)23/h3-7,9,12-13,15H,8,10-11H2,1-2H3,(H2,20,23)(H2,21,22,24). The summed E-state index contributed by atoms with van der Waals surface area (Å²) in [6.07, 6.45) is 2.20. The summed E-state index contributed by atoms with van der Waals surface area (Å²) in [5, 5.41) is 5.61. The maximum atomic E-state index is 12.0. The van der Waals surface area contributed by atoms with Crippen LogP contribution in [-0.2, 0) is 13.0 Å². The Labute approximate surface area is 147 Å². The summed E-state index contributed by atoms with van der Waals surface area (Å²) in [6, 6.07) is 11.5. The Hall–Kier alpha value is -2.76. The highest BCUT2D eigenvalue weighted by atomic mass is 16.3. The van der Waals surface area contributed by atoms with Crippen molar-refractivity contribution in [2.45, 2.75) is 26.8 Å². The number of amides is 3. The molecule has 0 aliphatic rings. The van der Waals surface area contributed by atoms with E-state index in [1.807, 2.05) is 18.2 Å². The number of primary amides is 1. The van der Waals surface area contributed by atoms with Crippen molar-refractivity contribution in [3.63, 3.8) is 0 Å². The summed E-state index contributed by atoms with van der Waals surface area (Å²) in [7, 11) is 0. The van der Waals surface area contributed by atoms with Crippen LogP contribution in [0.4, 0.5) is 4.79 Å². The lowest BCUT2D eigenvalue weighted by atomic mass is 9.89. The Balaban J connectivity index is 1.79. The number of carbonyl (C=O) groups is 2. The lowest BCUT2D eigenvalue weighted by molar-refractivity contribution is 0.0999. The van der Waals surface area contributed by atoms with Gasteiger partial charge in [-0.3, -0.25) is 4.79 Å². The molecule has 25 heavy (non-hydrogen) atoms. The van der Waals surface area contributed by atoms with Gasteiger partial charge in [0.15, 0.2) is 0 Å². The van der Waals surface area contributed by atoms with Gasteiger partial charge < -0.3 is 20.8 Å². The third-order valence-electron chi connectivity index (χ3n) is 4.17. The van der Waals surface area contributed by atoms with Crippen LogP contribution < -0.4 is 16.4 Å². The number of hydrogen-bond donors (Lipinski definition) is 3. The summed E-state index contributed by atoms with van der Waals surface area (Å²) in [5.74, 6) is 0.718. The zero-order valence-electron chi connectivity index (χ0n) is 14.6. The van der Waals surface area contributed by atoms with Crippen LogP contribution in [0.2, 0.25) is 0 Å². The van der Waals surface area contributed by atoms with Gasteiger partial charge in [0, 0.05) is 6.54 Å². The normalized spacial score (nSPS) is 12.0. The minimum atomic E-state index is -0.555. The van der Waals surface area contributed by atoms with Crippen molar-refractivity contribution in [3.05, 3.63) is 59.5 Å². The van der Waals surface area contributed by atoms with E-state index in [4.69, 9.17) is 10.2 Å². The molecule has 0 aliphatic heterocycles. The Morgan fingerprint density at radius 2 is 1.88 bits per heavy atom. The maximum absolute atomic E-state index is 12.0. The van der Waals surface area contributed by atoms with Gasteiger partial charge in [0.25, 0.3) is 5.91 Å². The molecule has 0 bridgehead atoms. The predicted octanol–water partition coefficient (Wildman–Crippen LogP) is 2.69. The van der Waals surface area contributed by atoms with Crippen LogP contribution >= 0.6 is 0 Å². The molecular formula is C19H25N3O3. The van der Waals surface area contributed by atoms with Crippen LogP contribution in [0.3, 0.4) is 0 Å². The number of hydrogen-bond acceptors (Lipinski definition) is 3. The van der Waals surface area contributed by atoms with E-state index in [0.717, 1.165) is 6.42 Å². The zero-order chi connectivity index (χ0) is 18.2. The van der Waals surface area contributed by atoms with Crippen molar-refractivity contribution in [3.8, 4) is 0 Å². The molecule has 0 saturated carbocycles. The highest BCUT2D eigenvalue weighted by molar-refractivity contribution is 5.92. The fourth-order valence-electron chi connectivity index (χ4n) is 2.52. The van der Waals surface area contributed by atoms with Crippen LogP contribution in [0, 0.1) is 11.8 Å². The Bertz CT molecular complexity index is 695. The first-order chi connectivity index (χ1) is 12.0. The molecule has 1 heterocycles. The number of furan rings is 1. The van der Waals surface area contributed by atoms with Crippen molar-refractivity contribution in [2.75, 3.05) is 6.54 Å². The Morgan fingerprint density at radius 3 is 2.48 bits per heavy atom. The van der Waals surface area contributed by atoms with Gasteiger partial charge in [-0.1, -0.05) is 44.2 Å². The lowest BCUT2D eigenvalue weighted by Gasteiger charge is -2.21. The first-order valence-corrected chi connectivity index (χ1v) is 8.38. The third-order valence-corrected chi connectivity index (χ3v) is 4.17. The first-order valence-electron chi connectivity index (χ1n) is 8.38. The average molecular weight is 343 g/mol. The molecule has 0 saturated heterocycles. The van der Waals surface area contributed by atoms with Gasteiger partial charge in [-0.15, -0.1) is 0 Å². The second-order valence-corrected chi connectivity index (χ2v) is 6.42. The highest BCUT2D eigenvalue weighted by Crippen LogP contribution is 2.16. The van der Waals surface area contributed by atoms with E-state index in [9.17, 15) is 9.59 Å². The molecule has 0 radical (unpaired) electrons. The molecule has 2 rings (SSSR count). The molecule has 1 aromatic heterocycles. The molecule has 2 aromatic rings. The smallest absolute Gasteiger partial charge is 0.315 e. The molecule has 0 fully saturated rings. The van der Waals surface area contributed by atoms with Gasteiger partial charge in [-0.2, -0.15) is 0 Å². The molecule has 1 atom stereocenters. The summed E-state index contributed by atoms with van der Waals surface area (Å²) >= 11 is 0. The maximum Gasteiger partial charge on any atom is 0.315 e. The summed E-state index contributed by atoms with van der Waals surface area (Å²) in [4.78, 5) is 23.0. The monoisotopic (exact) mass is 343 g/mol. The molecule has 1 aromatic carbocycles. The molecule has 1 unspecified atom stereocenters. The molecule has 0 aliphatic carbocycles. The van der Waals surface area contributed by atoms with Crippen molar-refractivity contribution in [1.29, 1.82) is 0 Å². The molecule has 0 spiro atoms. The molecular weight excluding hydrogens is 318 g/mol. The van der Waals surface area contributed by atoms with E-state index in [1.54, 1.807) is 0 Å². The zero-order valence-corrected chi connectivity index (χ0v) is 14.6. The third kappa shape index (κ3) is 5.99. The van der Waals surface area contributed by atoms with Gasteiger partial charge >= 0.3 is 6.03 Å². The van der Waals surface area contributed by atoms with Gasteiger partial charge in [-0.05, 0) is 29.9 Å². The van der Waals surface area contributed by atoms with Gasteiger partial charge in [0.05, 0.1) is 12.1 Å².